The lowest BCUT2D eigenvalue weighted by atomic mass is 10.2. The van der Waals surface area contributed by atoms with Gasteiger partial charge < -0.3 is 0 Å². The van der Waals surface area contributed by atoms with Gasteiger partial charge in [0, 0.05) is 0 Å². The molecule has 0 saturated carbocycles. The minimum absolute atomic E-state index is 0.404. The maximum absolute atomic E-state index is 10.3. The van der Waals surface area contributed by atoms with E-state index in [9.17, 15) is 4.57 Å². The van der Waals surface area contributed by atoms with Gasteiger partial charge in [0.1, 0.15) is 0 Å². The molecule has 0 bridgehead atoms. The second kappa shape index (κ2) is 4.88. The topological polar surface area (TPSA) is 47.6 Å². The number of hydrogen-bond acceptors (Lipinski definition) is 4. The van der Waals surface area contributed by atoms with Gasteiger partial charge >= 0.3 is 8.25 Å². The summed E-state index contributed by atoms with van der Waals surface area (Å²) in [5, 5.41) is 2.97. The number of unbranched alkanes of at least 4 members (excludes halogenated alkanes) is 2. The summed E-state index contributed by atoms with van der Waals surface area (Å²) < 4.78 is 19.8. The third-order valence-electron chi connectivity index (χ3n) is 1.50. The van der Waals surface area contributed by atoms with Gasteiger partial charge in [0.05, 0.1) is 0 Å². The predicted octanol–water partition coefficient (Wildman–Crippen LogP) is 1.49. The molecule has 0 amide bonds. The first kappa shape index (κ1) is 9.20. The van der Waals surface area contributed by atoms with Crippen molar-refractivity contribution in [1.82, 2.24) is 5.32 Å². The molecule has 0 atom stereocenters. The van der Waals surface area contributed by atoms with Crippen molar-refractivity contribution in [2.75, 3.05) is 6.54 Å². The first-order chi connectivity index (χ1) is 5.33. The van der Waals surface area contributed by atoms with Crippen molar-refractivity contribution in [3.8, 4) is 0 Å². The molecule has 0 aliphatic carbocycles. The normalized spacial score (nSPS) is 29.9. The van der Waals surface area contributed by atoms with Crippen LogP contribution in [0.4, 0.5) is 0 Å². The van der Waals surface area contributed by atoms with Gasteiger partial charge in [-0.2, -0.15) is 0 Å². The molecule has 1 fully saturated rings. The summed E-state index contributed by atoms with van der Waals surface area (Å²) in [6.07, 6.45) is 3.11. The van der Waals surface area contributed by atoms with Crippen LogP contribution >= 0.6 is 8.25 Å². The zero-order chi connectivity index (χ0) is 8.10. The summed E-state index contributed by atoms with van der Waals surface area (Å²) in [5.74, 6) is 0. The van der Waals surface area contributed by atoms with Gasteiger partial charge in [0.25, 0.3) is 0 Å². The molecule has 1 saturated heterocycles. The van der Waals surface area contributed by atoms with E-state index >= 15 is 0 Å². The maximum atomic E-state index is 10.3. The number of hydrogen-bond donors (Lipinski definition) is 1. The lowest BCUT2D eigenvalue weighted by molar-refractivity contribution is -0.0991. The molecule has 0 aromatic heterocycles. The molecular weight excluding hydrogens is 165 g/mol. The summed E-state index contributed by atoms with van der Waals surface area (Å²) >= 11 is 0. The van der Waals surface area contributed by atoms with Crippen molar-refractivity contribution in [1.29, 1.82) is 0 Å². The molecule has 0 spiro atoms. The van der Waals surface area contributed by atoms with Gasteiger partial charge in [0.15, 0.2) is 0 Å². The molecule has 0 aromatic carbocycles. The van der Waals surface area contributed by atoms with Gasteiger partial charge in [-0.05, 0) is 13.0 Å². The molecule has 1 rings (SSSR count). The van der Waals surface area contributed by atoms with Crippen LogP contribution in [0.5, 0.6) is 0 Å². The van der Waals surface area contributed by atoms with Crippen molar-refractivity contribution >= 4 is 8.25 Å². The zero-order valence-electron chi connectivity index (χ0n) is 6.63. The second-order valence-corrected chi connectivity index (χ2v) is 3.45. The van der Waals surface area contributed by atoms with E-state index in [1.165, 1.54) is 12.8 Å². The Hall–Kier alpha value is 0.110. The number of nitrogens with one attached hydrogen (secondary N) is 1. The quantitative estimate of drug-likeness (QED) is 0.513. The molecule has 1 aliphatic rings. The van der Waals surface area contributed by atoms with E-state index in [4.69, 9.17) is 9.05 Å². The van der Waals surface area contributed by atoms with E-state index in [0.29, 0.717) is 0 Å². The van der Waals surface area contributed by atoms with Crippen LogP contribution in [0.1, 0.15) is 26.2 Å². The summed E-state index contributed by atoms with van der Waals surface area (Å²) in [4.78, 5) is 0. The third kappa shape index (κ3) is 3.34. The Bertz CT molecular complexity index is 134. The molecule has 1 heterocycles. The van der Waals surface area contributed by atoms with Crippen LogP contribution in [-0.2, 0) is 13.6 Å². The van der Waals surface area contributed by atoms with Crippen molar-refractivity contribution in [2.45, 2.75) is 32.6 Å². The third-order valence-corrected chi connectivity index (χ3v) is 2.31. The highest BCUT2D eigenvalue weighted by Crippen LogP contribution is 2.37. The Morgan fingerprint density at radius 3 is 2.73 bits per heavy atom. The van der Waals surface area contributed by atoms with E-state index < -0.39 is 14.7 Å². The number of rotatable bonds is 5. The highest BCUT2D eigenvalue weighted by atomic mass is 31.1. The molecule has 1 N–H and O–H groups in total. The maximum Gasteiger partial charge on any atom is 0.325 e. The van der Waals surface area contributed by atoms with Crippen molar-refractivity contribution in [3.05, 3.63) is 0 Å². The first-order valence-corrected chi connectivity index (χ1v) is 5.16. The first-order valence-electron chi connectivity index (χ1n) is 3.93. The van der Waals surface area contributed by atoms with E-state index in [1.54, 1.807) is 0 Å². The molecule has 5 heteroatoms. The smallest absolute Gasteiger partial charge is 0.268 e. The van der Waals surface area contributed by atoms with E-state index in [2.05, 4.69) is 12.2 Å². The Morgan fingerprint density at radius 1 is 1.45 bits per heavy atom. The molecular formula is C6H14NO3P. The molecule has 11 heavy (non-hydrogen) atoms. The zero-order valence-corrected chi connectivity index (χ0v) is 7.63. The van der Waals surface area contributed by atoms with Crippen LogP contribution in [0.15, 0.2) is 0 Å². The fourth-order valence-electron chi connectivity index (χ4n) is 0.862. The molecule has 4 nitrogen and oxygen atoms in total. The molecule has 66 valence electrons. The molecule has 1 aliphatic heterocycles. The minimum Gasteiger partial charge on any atom is -0.268 e. The van der Waals surface area contributed by atoms with Gasteiger partial charge in [-0.3, -0.25) is 18.9 Å². The Morgan fingerprint density at radius 2 is 2.18 bits per heavy atom. The van der Waals surface area contributed by atoms with Crippen molar-refractivity contribution in [2.24, 2.45) is 0 Å². The summed E-state index contributed by atoms with van der Waals surface area (Å²) in [6, 6.07) is 0. The van der Waals surface area contributed by atoms with E-state index in [0.717, 1.165) is 13.0 Å². The highest BCUT2D eigenvalue weighted by Gasteiger charge is 2.25. The average Bonchev–Trinajstić information content (AvgIpc) is 1.94. The predicted molar refractivity (Wildman–Crippen MR) is 42.5 cm³/mol. The van der Waals surface area contributed by atoms with Crippen LogP contribution in [0, 0.1) is 0 Å². The largest absolute Gasteiger partial charge is 0.325 e. The Labute approximate surface area is 67.2 Å². The fourth-order valence-corrected chi connectivity index (χ4v) is 1.40. The SMILES string of the molecule is CCCCCNC1O[PH](=O)O1. The second-order valence-electron chi connectivity index (χ2n) is 2.48. The summed E-state index contributed by atoms with van der Waals surface area (Å²) in [6.45, 7) is 3.02. The lowest BCUT2D eigenvalue weighted by Crippen LogP contribution is -2.37. The van der Waals surface area contributed by atoms with Crippen LogP contribution < -0.4 is 5.32 Å². The van der Waals surface area contributed by atoms with E-state index in [-0.39, 0.29) is 0 Å². The Balaban J connectivity index is 1.85. The van der Waals surface area contributed by atoms with E-state index in [1.807, 2.05) is 0 Å². The van der Waals surface area contributed by atoms with Crippen LogP contribution in [0.25, 0.3) is 0 Å². The van der Waals surface area contributed by atoms with Crippen LogP contribution in [-0.4, -0.2) is 13.0 Å². The highest BCUT2D eigenvalue weighted by molar-refractivity contribution is 7.34. The average molecular weight is 179 g/mol. The van der Waals surface area contributed by atoms with Gasteiger partial charge in [-0.1, -0.05) is 19.8 Å². The minimum atomic E-state index is -2.10. The van der Waals surface area contributed by atoms with Gasteiger partial charge in [-0.25, -0.2) is 0 Å². The fraction of sp³-hybridized carbons (Fsp3) is 1.00. The van der Waals surface area contributed by atoms with Crippen LogP contribution in [0.3, 0.4) is 0 Å². The van der Waals surface area contributed by atoms with Crippen molar-refractivity contribution < 1.29 is 13.6 Å². The van der Waals surface area contributed by atoms with Gasteiger partial charge in [0.2, 0.25) is 6.41 Å². The molecule has 0 radical (unpaired) electrons. The Kier molecular flexibility index (Phi) is 4.08. The summed E-state index contributed by atoms with van der Waals surface area (Å²) in [7, 11) is -2.10. The van der Waals surface area contributed by atoms with Crippen molar-refractivity contribution in [3.63, 3.8) is 0 Å². The van der Waals surface area contributed by atoms with Crippen LogP contribution in [0.2, 0.25) is 0 Å². The standard InChI is InChI=1S/C6H14NO3P/c1-2-3-4-5-7-6-9-11(8)10-6/h6-7,11H,2-5H2,1H3. The van der Waals surface area contributed by atoms with Gasteiger partial charge in [-0.15, -0.1) is 0 Å². The summed E-state index contributed by atoms with van der Waals surface area (Å²) in [5.41, 5.74) is 0. The molecule has 0 aromatic rings. The lowest BCUT2D eigenvalue weighted by Gasteiger charge is -2.26. The monoisotopic (exact) mass is 179 g/mol. The molecule has 0 unspecified atom stereocenters.